The van der Waals surface area contributed by atoms with Crippen molar-refractivity contribution < 1.29 is 9.59 Å². The molecule has 1 aromatic rings. The third kappa shape index (κ3) is 5.49. The molecular weight excluding hydrogens is 326 g/mol. The van der Waals surface area contributed by atoms with Crippen LogP contribution in [0.3, 0.4) is 0 Å². The molecule has 6 heteroatoms. The Morgan fingerprint density at radius 1 is 1.17 bits per heavy atom. The molecule has 0 aliphatic carbocycles. The summed E-state index contributed by atoms with van der Waals surface area (Å²) >= 11 is 0. The Labute approximate surface area is 150 Å². The highest BCUT2D eigenvalue weighted by atomic mass is 35.5. The van der Waals surface area contributed by atoms with Crippen LogP contribution in [0.2, 0.25) is 0 Å². The van der Waals surface area contributed by atoms with Crippen LogP contribution >= 0.6 is 12.4 Å². The molecule has 0 saturated carbocycles. The zero-order valence-electron chi connectivity index (χ0n) is 14.7. The largest absolute Gasteiger partial charge is 0.341 e. The van der Waals surface area contributed by atoms with E-state index in [1.807, 2.05) is 50.1 Å². The quantitative estimate of drug-likeness (QED) is 0.902. The smallest absolute Gasteiger partial charge is 0.253 e. The predicted molar refractivity (Wildman–Crippen MR) is 98.4 cm³/mol. The van der Waals surface area contributed by atoms with Crippen molar-refractivity contribution in [3.05, 3.63) is 35.4 Å². The molecule has 1 aromatic carbocycles. The van der Waals surface area contributed by atoms with Gasteiger partial charge in [0.2, 0.25) is 5.91 Å². The maximum absolute atomic E-state index is 12.5. The Balaban J connectivity index is 0.00000288. The lowest BCUT2D eigenvalue weighted by molar-refractivity contribution is -0.133. The molecule has 1 heterocycles. The van der Waals surface area contributed by atoms with Crippen molar-refractivity contribution >= 4 is 24.2 Å². The molecule has 0 spiro atoms. The molecule has 1 aliphatic heterocycles. The average molecular weight is 354 g/mol. The van der Waals surface area contributed by atoms with E-state index in [1.54, 1.807) is 4.90 Å². The molecule has 1 fully saturated rings. The molecule has 2 rings (SSSR count). The molecule has 2 amide bonds. The van der Waals surface area contributed by atoms with Gasteiger partial charge in [0.05, 0.1) is 0 Å². The highest BCUT2D eigenvalue weighted by Gasteiger charge is 2.17. The number of hydrogen-bond acceptors (Lipinski definition) is 3. The van der Waals surface area contributed by atoms with Crippen molar-refractivity contribution in [1.29, 1.82) is 0 Å². The van der Waals surface area contributed by atoms with Crippen LogP contribution in [0.25, 0.3) is 0 Å². The molecule has 0 aromatic heterocycles. The van der Waals surface area contributed by atoms with E-state index in [9.17, 15) is 9.59 Å². The number of rotatable bonds is 4. The van der Waals surface area contributed by atoms with Crippen molar-refractivity contribution in [1.82, 2.24) is 15.1 Å². The van der Waals surface area contributed by atoms with Crippen LogP contribution in [0.5, 0.6) is 0 Å². The summed E-state index contributed by atoms with van der Waals surface area (Å²) in [6.45, 7) is 7.75. The van der Waals surface area contributed by atoms with E-state index >= 15 is 0 Å². The monoisotopic (exact) mass is 353 g/mol. The molecule has 0 unspecified atom stereocenters. The van der Waals surface area contributed by atoms with Crippen LogP contribution in [0.4, 0.5) is 0 Å². The third-order valence-corrected chi connectivity index (χ3v) is 4.12. The van der Waals surface area contributed by atoms with Crippen LogP contribution in [0, 0.1) is 5.92 Å². The van der Waals surface area contributed by atoms with Crippen molar-refractivity contribution in [2.45, 2.75) is 26.8 Å². The minimum absolute atomic E-state index is 0. The highest BCUT2D eigenvalue weighted by Crippen LogP contribution is 2.11. The number of amides is 2. The van der Waals surface area contributed by atoms with Gasteiger partial charge in [-0.2, -0.15) is 0 Å². The molecular formula is C18H28ClN3O2. The zero-order valence-corrected chi connectivity index (χ0v) is 15.6. The van der Waals surface area contributed by atoms with Crippen molar-refractivity contribution in [3.8, 4) is 0 Å². The second-order valence-electron chi connectivity index (χ2n) is 6.44. The van der Waals surface area contributed by atoms with Gasteiger partial charge in [0.1, 0.15) is 0 Å². The minimum atomic E-state index is -0.00232. The van der Waals surface area contributed by atoms with E-state index in [1.165, 1.54) is 0 Å². The summed E-state index contributed by atoms with van der Waals surface area (Å²) in [6.07, 6.45) is 0.992. The van der Waals surface area contributed by atoms with Gasteiger partial charge in [-0.15, -0.1) is 12.4 Å². The van der Waals surface area contributed by atoms with Gasteiger partial charge >= 0.3 is 0 Å². The van der Waals surface area contributed by atoms with Gasteiger partial charge < -0.3 is 15.1 Å². The van der Waals surface area contributed by atoms with Crippen LogP contribution in [-0.4, -0.2) is 54.8 Å². The van der Waals surface area contributed by atoms with Gasteiger partial charge in [-0.05, 0) is 30.7 Å². The van der Waals surface area contributed by atoms with Crippen LogP contribution in [-0.2, 0) is 11.3 Å². The predicted octanol–water partition coefficient (Wildman–Crippen LogP) is 2.16. The fourth-order valence-electron chi connectivity index (χ4n) is 2.78. The number of nitrogens with one attached hydrogen (secondary N) is 1. The van der Waals surface area contributed by atoms with E-state index in [2.05, 4.69) is 5.32 Å². The summed E-state index contributed by atoms with van der Waals surface area (Å²) in [5.41, 5.74) is 1.75. The van der Waals surface area contributed by atoms with Crippen molar-refractivity contribution in [2.24, 2.45) is 5.92 Å². The molecule has 5 nitrogen and oxygen atoms in total. The zero-order chi connectivity index (χ0) is 16.8. The van der Waals surface area contributed by atoms with Gasteiger partial charge in [0.15, 0.2) is 0 Å². The molecule has 0 radical (unpaired) electrons. The Bertz CT molecular complexity index is 538. The summed E-state index contributed by atoms with van der Waals surface area (Å²) in [6, 6.07) is 7.61. The molecule has 1 saturated heterocycles. The first-order valence-corrected chi connectivity index (χ1v) is 8.33. The van der Waals surface area contributed by atoms with E-state index < -0.39 is 0 Å². The summed E-state index contributed by atoms with van der Waals surface area (Å²) < 4.78 is 0. The average Bonchev–Trinajstić information content (AvgIpc) is 2.83. The SMILES string of the molecule is CC(C)C(=O)N(C)Cc1ccc(C(=O)N2CCCNCC2)cc1.Cl. The highest BCUT2D eigenvalue weighted by molar-refractivity contribution is 5.94. The van der Waals surface area contributed by atoms with E-state index in [-0.39, 0.29) is 30.1 Å². The number of benzene rings is 1. The van der Waals surface area contributed by atoms with Crippen LogP contribution in [0.1, 0.15) is 36.2 Å². The van der Waals surface area contributed by atoms with E-state index in [0.29, 0.717) is 12.1 Å². The van der Waals surface area contributed by atoms with Gasteiger partial charge in [-0.25, -0.2) is 0 Å². The lowest BCUT2D eigenvalue weighted by Gasteiger charge is -2.21. The van der Waals surface area contributed by atoms with Gasteiger partial charge in [-0.1, -0.05) is 26.0 Å². The van der Waals surface area contributed by atoms with Gasteiger partial charge in [-0.3, -0.25) is 9.59 Å². The minimum Gasteiger partial charge on any atom is -0.341 e. The molecule has 1 N–H and O–H groups in total. The Kier molecular flexibility index (Phi) is 8.22. The Morgan fingerprint density at radius 3 is 2.46 bits per heavy atom. The van der Waals surface area contributed by atoms with Crippen molar-refractivity contribution in [2.75, 3.05) is 33.2 Å². The first kappa shape index (κ1) is 20.5. The molecule has 24 heavy (non-hydrogen) atoms. The summed E-state index contributed by atoms with van der Waals surface area (Å²) in [4.78, 5) is 28.1. The Morgan fingerprint density at radius 2 is 1.83 bits per heavy atom. The van der Waals surface area contributed by atoms with E-state index in [4.69, 9.17) is 0 Å². The van der Waals surface area contributed by atoms with Gasteiger partial charge in [0, 0.05) is 44.7 Å². The second kappa shape index (κ2) is 9.64. The normalized spacial score (nSPS) is 14.8. The topological polar surface area (TPSA) is 52.7 Å². The third-order valence-electron chi connectivity index (χ3n) is 4.12. The lowest BCUT2D eigenvalue weighted by atomic mass is 10.1. The second-order valence-corrected chi connectivity index (χ2v) is 6.44. The first-order valence-electron chi connectivity index (χ1n) is 8.33. The standard InChI is InChI=1S/C18H27N3O2.ClH/c1-14(2)17(22)20(3)13-15-5-7-16(8-6-15)18(23)21-11-4-9-19-10-12-21;/h5-8,14,19H,4,9-13H2,1-3H3;1H. The van der Waals surface area contributed by atoms with Gasteiger partial charge in [0.25, 0.3) is 5.91 Å². The number of carbonyl (C=O) groups is 2. The maximum Gasteiger partial charge on any atom is 0.253 e. The fraction of sp³-hybridized carbons (Fsp3) is 0.556. The number of nitrogens with zero attached hydrogens (tertiary/aromatic N) is 2. The number of hydrogen-bond donors (Lipinski definition) is 1. The molecule has 0 bridgehead atoms. The first-order chi connectivity index (χ1) is 11.0. The summed E-state index contributed by atoms with van der Waals surface area (Å²) in [7, 11) is 1.81. The summed E-state index contributed by atoms with van der Waals surface area (Å²) in [5, 5.41) is 3.30. The molecule has 1 aliphatic rings. The number of halogens is 1. The van der Waals surface area contributed by atoms with Crippen molar-refractivity contribution in [3.63, 3.8) is 0 Å². The summed E-state index contributed by atoms with van der Waals surface area (Å²) in [5.74, 6) is 0.214. The van der Waals surface area contributed by atoms with E-state index in [0.717, 1.165) is 38.2 Å². The lowest BCUT2D eigenvalue weighted by Crippen LogP contribution is -2.34. The van der Waals surface area contributed by atoms with Crippen LogP contribution < -0.4 is 5.32 Å². The molecule has 0 atom stereocenters. The maximum atomic E-state index is 12.5. The molecule has 134 valence electrons. The Hall–Kier alpha value is -1.59. The number of carbonyl (C=O) groups excluding carboxylic acids is 2. The fourth-order valence-corrected chi connectivity index (χ4v) is 2.78. The van der Waals surface area contributed by atoms with Crippen LogP contribution in [0.15, 0.2) is 24.3 Å².